The van der Waals surface area contributed by atoms with Crippen LogP contribution in [0.5, 0.6) is 0 Å². The van der Waals surface area contributed by atoms with Gasteiger partial charge in [0.25, 0.3) is 0 Å². The van der Waals surface area contributed by atoms with Crippen LogP contribution in [0, 0.1) is 6.92 Å². The Morgan fingerprint density at radius 2 is 1.86 bits per heavy atom. The molecule has 4 heteroatoms. The van der Waals surface area contributed by atoms with Crippen molar-refractivity contribution >= 4 is 12.6 Å². The Morgan fingerprint density at radius 1 is 1.29 bits per heavy atom. The first kappa shape index (κ1) is 11.2. The molecule has 0 saturated carbocycles. The van der Waals surface area contributed by atoms with Gasteiger partial charge in [-0.15, -0.1) is 0 Å². The summed E-state index contributed by atoms with van der Waals surface area (Å²) in [6.07, 6.45) is 0. The van der Waals surface area contributed by atoms with E-state index >= 15 is 0 Å². The van der Waals surface area contributed by atoms with Gasteiger partial charge in [-0.1, -0.05) is 24.3 Å². The minimum atomic E-state index is -1.38. The molecular weight excluding hydrogens is 177 g/mol. The fourth-order valence-electron chi connectivity index (χ4n) is 1.19. The molecule has 0 aliphatic rings. The highest BCUT2D eigenvalue weighted by molar-refractivity contribution is 6.58. The molecule has 0 heterocycles. The average Bonchev–Trinajstić information content (AvgIpc) is 2.18. The Morgan fingerprint density at radius 3 is 2.29 bits per heavy atom. The second-order valence-electron chi connectivity index (χ2n) is 3.35. The van der Waals surface area contributed by atoms with E-state index in [1.807, 2.05) is 19.2 Å². The maximum absolute atomic E-state index is 8.88. The molecule has 2 N–H and O–H groups in total. The summed E-state index contributed by atoms with van der Waals surface area (Å²) < 4.78 is 0. The minimum Gasteiger partial charge on any atom is -0.423 e. The molecule has 1 aromatic rings. The molecule has 0 bridgehead atoms. The molecule has 0 aromatic heterocycles. The standard InChI is InChI=1S/C10H15BNO2/c1-3-12(2)8-9-4-6-10(7-5-9)11(13)14/h4-7,13-14H,1,3,8H2,2H3. The van der Waals surface area contributed by atoms with Crippen molar-refractivity contribution in [1.82, 2.24) is 4.90 Å². The maximum atomic E-state index is 8.88. The van der Waals surface area contributed by atoms with E-state index in [1.165, 1.54) is 0 Å². The van der Waals surface area contributed by atoms with E-state index in [9.17, 15) is 0 Å². The Balaban J connectivity index is 2.64. The lowest BCUT2D eigenvalue weighted by molar-refractivity contribution is 0.362. The van der Waals surface area contributed by atoms with Crippen LogP contribution in [-0.4, -0.2) is 35.7 Å². The molecule has 75 valence electrons. The van der Waals surface area contributed by atoms with Crippen LogP contribution in [0.4, 0.5) is 0 Å². The van der Waals surface area contributed by atoms with Crippen LogP contribution >= 0.6 is 0 Å². The lowest BCUT2D eigenvalue weighted by Gasteiger charge is -2.13. The minimum absolute atomic E-state index is 0.519. The summed E-state index contributed by atoms with van der Waals surface area (Å²) in [7, 11) is 0.608. The van der Waals surface area contributed by atoms with E-state index < -0.39 is 7.12 Å². The van der Waals surface area contributed by atoms with Crippen LogP contribution < -0.4 is 5.46 Å². The first-order chi connectivity index (χ1) is 6.63. The first-order valence-corrected chi connectivity index (χ1v) is 4.56. The van der Waals surface area contributed by atoms with Gasteiger partial charge in [0.2, 0.25) is 0 Å². The van der Waals surface area contributed by atoms with Crippen molar-refractivity contribution in [3.8, 4) is 0 Å². The molecule has 0 atom stereocenters. The molecule has 1 aromatic carbocycles. The summed E-state index contributed by atoms with van der Waals surface area (Å²) in [5.41, 5.74) is 1.66. The summed E-state index contributed by atoms with van der Waals surface area (Å²) in [5, 5.41) is 17.8. The van der Waals surface area contributed by atoms with Gasteiger partial charge < -0.3 is 14.9 Å². The van der Waals surface area contributed by atoms with Crippen LogP contribution in [0.3, 0.4) is 0 Å². The highest BCUT2D eigenvalue weighted by Crippen LogP contribution is 2.01. The van der Waals surface area contributed by atoms with Gasteiger partial charge in [-0.25, -0.2) is 0 Å². The Kier molecular flexibility index (Phi) is 4.13. The Hall–Kier alpha value is -0.835. The summed E-state index contributed by atoms with van der Waals surface area (Å²) in [4.78, 5) is 2.07. The highest BCUT2D eigenvalue weighted by atomic mass is 16.4. The summed E-state index contributed by atoms with van der Waals surface area (Å²) >= 11 is 0. The van der Waals surface area contributed by atoms with E-state index in [4.69, 9.17) is 10.0 Å². The van der Waals surface area contributed by atoms with Crippen LogP contribution in [-0.2, 0) is 6.54 Å². The Labute approximate surface area is 85.1 Å². The molecule has 3 nitrogen and oxygen atoms in total. The predicted molar refractivity (Wildman–Crippen MR) is 58.0 cm³/mol. The second kappa shape index (κ2) is 5.15. The molecule has 1 rings (SSSR count). The van der Waals surface area contributed by atoms with Gasteiger partial charge in [0.05, 0.1) is 0 Å². The lowest BCUT2D eigenvalue weighted by atomic mass is 9.80. The second-order valence-corrected chi connectivity index (χ2v) is 3.35. The fourth-order valence-corrected chi connectivity index (χ4v) is 1.19. The molecule has 0 aliphatic carbocycles. The third-order valence-electron chi connectivity index (χ3n) is 2.11. The van der Waals surface area contributed by atoms with Gasteiger partial charge in [0.15, 0.2) is 0 Å². The normalized spacial score (nSPS) is 10.6. The highest BCUT2D eigenvalue weighted by Gasteiger charge is 2.09. The van der Waals surface area contributed by atoms with Crippen molar-refractivity contribution in [2.75, 3.05) is 13.6 Å². The number of rotatable bonds is 4. The van der Waals surface area contributed by atoms with Gasteiger partial charge in [-0.2, -0.15) is 0 Å². The lowest BCUT2D eigenvalue weighted by Crippen LogP contribution is -2.29. The van der Waals surface area contributed by atoms with Crippen LogP contribution in [0.2, 0.25) is 0 Å². The number of hydrogen-bond acceptors (Lipinski definition) is 3. The average molecular weight is 192 g/mol. The molecular formula is C10H15BNO2. The number of hydrogen-bond donors (Lipinski definition) is 2. The van der Waals surface area contributed by atoms with E-state index in [1.54, 1.807) is 12.1 Å². The molecule has 1 radical (unpaired) electrons. The summed E-state index contributed by atoms with van der Waals surface area (Å²) in [5.74, 6) is 0. The fraction of sp³-hybridized carbons (Fsp3) is 0.300. The van der Waals surface area contributed by atoms with Crippen LogP contribution in [0.1, 0.15) is 5.56 Å². The molecule has 0 fully saturated rings. The van der Waals surface area contributed by atoms with Crippen LogP contribution in [0.25, 0.3) is 0 Å². The van der Waals surface area contributed by atoms with Gasteiger partial charge in [-0.05, 0) is 31.5 Å². The van der Waals surface area contributed by atoms with Crippen molar-refractivity contribution in [1.29, 1.82) is 0 Å². The third-order valence-corrected chi connectivity index (χ3v) is 2.11. The molecule has 14 heavy (non-hydrogen) atoms. The Bertz CT molecular complexity index is 274. The zero-order chi connectivity index (χ0) is 10.6. The summed E-state index contributed by atoms with van der Waals surface area (Å²) in [6, 6.07) is 7.22. The van der Waals surface area contributed by atoms with Crippen LogP contribution in [0.15, 0.2) is 24.3 Å². The van der Waals surface area contributed by atoms with Gasteiger partial charge in [0.1, 0.15) is 0 Å². The largest absolute Gasteiger partial charge is 0.488 e. The predicted octanol–water partition coefficient (Wildman–Crippen LogP) is -0.368. The zero-order valence-corrected chi connectivity index (χ0v) is 8.35. The summed E-state index contributed by atoms with van der Waals surface area (Å²) in [6.45, 7) is 5.35. The number of benzene rings is 1. The molecule has 0 aliphatic heterocycles. The molecule has 0 spiro atoms. The monoisotopic (exact) mass is 192 g/mol. The number of nitrogens with zero attached hydrogens (tertiary/aromatic N) is 1. The third kappa shape index (κ3) is 3.14. The van der Waals surface area contributed by atoms with Crippen molar-refractivity contribution in [2.45, 2.75) is 6.54 Å². The van der Waals surface area contributed by atoms with E-state index in [2.05, 4.69) is 11.8 Å². The SMILES string of the molecule is [CH2]CN(C)Cc1ccc(B(O)O)cc1. The van der Waals surface area contributed by atoms with Gasteiger partial charge in [0, 0.05) is 6.54 Å². The van der Waals surface area contributed by atoms with Gasteiger partial charge in [-0.3, -0.25) is 0 Å². The van der Waals surface area contributed by atoms with E-state index in [0.29, 0.717) is 5.46 Å². The molecule has 0 unspecified atom stereocenters. The molecule has 0 amide bonds. The van der Waals surface area contributed by atoms with Crippen molar-refractivity contribution in [3.63, 3.8) is 0 Å². The first-order valence-electron chi connectivity index (χ1n) is 4.56. The van der Waals surface area contributed by atoms with Crippen molar-refractivity contribution in [2.24, 2.45) is 0 Å². The van der Waals surface area contributed by atoms with E-state index in [-0.39, 0.29) is 0 Å². The zero-order valence-electron chi connectivity index (χ0n) is 8.35. The van der Waals surface area contributed by atoms with Gasteiger partial charge >= 0.3 is 7.12 Å². The smallest absolute Gasteiger partial charge is 0.423 e. The van der Waals surface area contributed by atoms with Crippen molar-refractivity contribution in [3.05, 3.63) is 36.8 Å². The quantitative estimate of drug-likeness (QED) is 0.640. The molecule has 0 saturated heterocycles. The topological polar surface area (TPSA) is 43.7 Å². The maximum Gasteiger partial charge on any atom is 0.488 e. The van der Waals surface area contributed by atoms with Crippen molar-refractivity contribution < 1.29 is 10.0 Å². The van der Waals surface area contributed by atoms with E-state index in [0.717, 1.165) is 18.7 Å².